The Kier molecular flexibility index (Phi) is 2.43. The third-order valence-corrected chi connectivity index (χ3v) is 9.33. The van der Waals surface area contributed by atoms with E-state index < -0.39 is 5.60 Å². The molecule has 10 atom stereocenters. The molecular weight excluding hydrogens is 286 g/mol. The zero-order valence-corrected chi connectivity index (χ0v) is 14.2. The highest BCUT2D eigenvalue weighted by molar-refractivity contribution is 5.84. The second-order valence-corrected chi connectivity index (χ2v) is 9.78. The van der Waals surface area contributed by atoms with Gasteiger partial charge in [0.25, 0.3) is 0 Å². The van der Waals surface area contributed by atoms with Crippen LogP contribution >= 0.6 is 0 Å². The summed E-state index contributed by atoms with van der Waals surface area (Å²) in [7, 11) is 0. The first kappa shape index (κ1) is 13.8. The minimum absolute atomic E-state index is 0.170. The largest absolute Gasteiger partial charge is 0.388 e. The zero-order valence-electron chi connectivity index (χ0n) is 14.2. The fourth-order valence-corrected chi connectivity index (χ4v) is 9.04. The van der Waals surface area contributed by atoms with Gasteiger partial charge in [-0.2, -0.15) is 0 Å². The van der Waals surface area contributed by atoms with Crippen molar-refractivity contribution in [1.29, 1.82) is 0 Å². The normalized spacial score (nSPS) is 65.6. The van der Waals surface area contributed by atoms with Gasteiger partial charge in [-0.1, -0.05) is 12.8 Å². The molecule has 0 amide bonds. The number of fused-ring (bicyclic) bond motifs is 1. The van der Waals surface area contributed by atoms with Gasteiger partial charge < -0.3 is 5.11 Å². The van der Waals surface area contributed by atoms with Crippen LogP contribution in [0.1, 0.15) is 64.7 Å². The van der Waals surface area contributed by atoms with Crippen molar-refractivity contribution in [3.8, 4) is 0 Å². The van der Waals surface area contributed by atoms with E-state index in [9.17, 15) is 9.90 Å². The lowest BCUT2D eigenvalue weighted by molar-refractivity contribution is -0.160. The lowest BCUT2D eigenvalue weighted by Crippen LogP contribution is -2.68. The molecule has 7 fully saturated rings. The van der Waals surface area contributed by atoms with E-state index in [0.29, 0.717) is 53.9 Å². The molecule has 23 heavy (non-hydrogen) atoms. The molecule has 1 unspecified atom stereocenters. The summed E-state index contributed by atoms with van der Waals surface area (Å²) >= 11 is 0. The molecule has 7 rings (SSSR count). The maximum Gasteiger partial charge on any atom is 0.138 e. The van der Waals surface area contributed by atoms with Gasteiger partial charge in [-0.25, -0.2) is 0 Å². The Bertz CT molecular complexity index is 590. The van der Waals surface area contributed by atoms with Crippen LogP contribution < -0.4 is 0 Å². The standard InChI is InChI=1S/C20H29NO2/c1-11-6-7-15-16-8-12-9-20(15,23)19(21(11)16)10-17(22)13-4-2-3-5-14(13)18(12)19/h11-16,18,23H,2-10H2,1H3/t11-,12-,13+,14+,15+,16+,18-,19-,20+/m0/s1. The number of carbonyl (C=O) groups is 1. The summed E-state index contributed by atoms with van der Waals surface area (Å²) in [6.07, 6.45) is 10.3. The molecule has 1 N–H and O–H groups in total. The van der Waals surface area contributed by atoms with Gasteiger partial charge in [-0.05, 0) is 63.2 Å². The zero-order chi connectivity index (χ0) is 15.6. The number of carbonyl (C=O) groups excluding carboxylic acids is 1. The van der Waals surface area contributed by atoms with Gasteiger partial charge in [-0.15, -0.1) is 0 Å². The number of piperidine rings is 2. The molecule has 3 heterocycles. The molecule has 4 aliphatic carbocycles. The van der Waals surface area contributed by atoms with Gasteiger partial charge in [0, 0.05) is 30.3 Å². The Labute approximate surface area is 138 Å². The van der Waals surface area contributed by atoms with Crippen LogP contribution in [-0.2, 0) is 4.79 Å². The van der Waals surface area contributed by atoms with Crippen molar-refractivity contribution in [2.45, 2.75) is 87.9 Å². The first-order valence-electron chi connectivity index (χ1n) is 10.1. The Morgan fingerprint density at radius 1 is 1.17 bits per heavy atom. The topological polar surface area (TPSA) is 40.5 Å². The summed E-state index contributed by atoms with van der Waals surface area (Å²) in [5, 5.41) is 11.9. The number of ketones is 1. The molecule has 0 radical (unpaired) electrons. The van der Waals surface area contributed by atoms with Gasteiger partial charge in [0.2, 0.25) is 0 Å². The van der Waals surface area contributed by atoms with Crippen LogP contribution in [0.3, 0.4) is 0 Å². The monoisotopic (exact) mass is 315 g/mol. The average molecular weight is 315 g/mol. The minimum Gasteiger partial charge on any atom is -0.388 e. The van der Waals surface area contributed by atoms with Gasteiger partial charge in [-0.3, -0.25) is 9.69 Å². The predicted molar refractivity (Wildman–Crippen MR) is 86.8 cm³/mol. The SMILES string of the molecule is C[C@H]1CC[C@@H]2[C@H]3C[C@H]4C[C@]2(O)[C@@]2(CC(=O)[C@@H]5CCCC[C@H]5[C@H]42)N31. The van der Waals surface area contributed by atoms with E-state index in [0.717, 1.165) is 12.8 Å². The molecule has 4 saturated carbocycles. The predicted octanol–water partition coefficient (Wildman–Crippen LogP) is 2.76. The van der Waals surface area contributed by atoms with E-state index in [-0.39, 0.29) is 5.54 Å². The number of hydrogen-bond donors (Lipinski definition) is 1. The molecule has 3 aliphatic heterocycles. The minimum atomic E-state index is -0.548. The lowest BCUT2D eigenvalue weighted by Gasteiger charge is -2.59. The smallest absolute Gasteiger partial charge is 0.138 e. The summed E-state index contributed by atoms with van der Waals surface area (Å²) in [6, 6.07) is 1.13. The quantitative estimate of drug-likeness (QED) is 0.747. The van der Waals surface area contributed by atoms with Gasteiger partial charge >= 0.3 is 0 Å². The first-order valence-corrected chi connectivity index (χ1v) is 10.1. The van der Waals surface area contributed by atoms with E-state index in [1.807, 2.05) is 0 Å². The highest BCUT2D eigenvalue weighted by atomic mass is 16.3. The first-order chi connectivity index (χ1) is 11.1. The Hall–Kier alpha value is -0.410. The van der Waals surface area contributed by atoms with E-state index in [1.54, 1.807) is 0 Å². The van der Waals surface area contributed by atoms with Crippen molar-refractivity contribution in [3.63, 3.8) is 0 Å². The van der Waals surface area contributed by atoms with Crippen LogP contribution in [0.4, 0.5) is 0 Å². The highest BCUT2D eigenvalue weighted by Crippen LogP contribution is 2.74. The van der Waals surface area contributed by atoms with Gasteiger partial charge in [0.1, 0.15) is 5.78 Å². The number of aliphatic hydroxyl groups is 1. The second-order valence-electron chi connectivity index (χ2n) is 9.78. The molecular formula is C20H29NO2. The number of nitrogens with zero attached hydrogens (tertiary/aromatic N) is 1. The summed E-state index contributed by atoms with van der Waals surface area (Å²) in [5.74, 6) is 3.17. The van der Waals surface area contributed by atoms with Crippen molar-refractivity contribution in [2.75, 3.05) is 0 Å². The van der Waals surface area contributed by atoms with Crippen molar-refractivity contribution >= 4 is 5.78 Å². The van der Waals surface area contributed by atoms with Crippen molar-refractivity contribution < 1.29 is 9.90 Å². The summed E-state index contributed by atoms with van der Waals surface area (Å²) in [5.41, 5.74) is -0.717. The maximum absolute atomic E-state index is 13.1. The van der Waals surface area contributed by atoms with Crippen LogP contribution in [0.2, 0.25) is 0 Å². The molecule has 1 spiro atoms. The van der Waals surface area contributed by atoms with Crippen molar-refractivity contribution in [1.82, 2.24) is 4.90 Å². The second kappa shape index (κ2) is 4.04. The molecule has 126 valence electrons. The fourth-order valence-electron chi connectivity index (χ4n) is 9.04. The summed E-state index contributed by atoms with van der Waals surface area (Å²) in [6.45, 7) is 2.36. The summed E-state index contributed by atoms with van der Waals surface area (Å²) < 4.78 is 0. The van der Waals surface area contributed by atoms with Crippen LogP contribution in [-0.4, -0.2) is 39.0 Å². The Morgan fingerprint density at radius 2 is 2.00 bits per heavy atom. The maximum atomic E-state index is 13.1. The molecule has 0 aromatic rings. The molecule has 3 nitrogen and oxygen atoms in total. The Morgan fingerprint density at radius 3 is 2.87 bits per heavy atom. The molecule has 3 heteroatoms. The number of hydrogen-bond acceptors (Lipinski definition) is 3. The number of Topliss-reactive ketones (excluding diaryl/α,β-unsaturated/α-hetero) is 1. The molecule has 6 bridgehead atoms. The van der Waals surface area contributed by atoms with Gasteiger partial charge in [0.05, 0.1) is 11.1 Å². The van der Waals surface area contributed by atoms with E-state index in [1.165, 1.54) is 38.5 Å². The van der Waals surface area contributed by atoms with E-state index in [2.05, 4.69) is 11.8 Å². The highest BCUT2D eigenvalue weighted by Gasteiger charge is 2.82. The molecule has 0 aromatic heterocycles. The van der Waals surface area contributed by atoms with Crippen LogP contribution in [0.5, 0.6) is 0 Å². The van der Waals surface area contributed by atoms with E-state index in [4.69, 9.17) is 0 Å². The van der Waals surface area contributed by atoms with Crippen LogP contribution in [0, 0.1) is 29.6 Å². The third kappa shape index (κ3) is 1.28. The molecule has 7 aliphatic rings. The third-order valence-electron chi connectivity index (χ3n) is 9.33. The lowest BCUT2D eigenvalue weighted by atomic mass is 9.55. The molecule has 0 aromatic carbocycles. The molecule has 3 saturated heterocycles. The fraction of sp³-hybridized carbons (Fsp3) is 0.950. The number of rotatable bonds is 0. The van der Waals surface area contributed by atoms with Crippen LogP contribution in [0.25, 0.3) is 0 Å². The van der Waals surface area contributed by atoms with E-state index >= 15 is 0 Å². The van der Waals surface area contributed by atoms with Crippen molar-refractivity contribution in [2.24, 2.45) is 29.6 Å². The van der Waals surface area contributed by atoms with Crippen LogP contribution in [0.15, 0.2) is 0 Å². The van der Waals surface area contributed by atoms with Crippen molar-refractivity contribution in [3.05, 3.63) is 0 Å². The van der Waals surface area contributed by atoms with Gasteiger partial charge in [0.15, 0.2) is 0 Å². The summed E-state index contributed by atoms with van der Waals surface area (Å²) in [4.78, 5) is 15.9. The Balaban J connectivity index is 1.56. The average Bonchev–Trinajstić information content (AvgIpc) is 2.75.